The Morgan fingerprint density at radius 1 is 0.441 bits per heavy atom. The Bertz CT molecular complexity index is 1370. The molecule has 1 aliphatic carbocycles. The van der Waals surface area contributed by atoms with Crippen molar-refractivity contribution in [1.82, 2.24) is 30.8 Å². The number of ether oxygens (including phenoxy) is 2. The number of aliphatic hydroxyl groups excluding tert-OH is 3. The first-order valence-corrected chi connectivity index (χ1v) is 27.6. The number of rotatable bonds is 40. The highest BCUT2D eigenvalue weighted by Crippen LogP contribution is 2.46. The molecule has 1 fully saturated rings. The zero-order chi connectivity index (χ0) is 47.2. The van der Waals surface area contributed by atoms with Gasteiger partial charge in [-0.3, -0.25) is 14.2 Å². The molecule has 0 spiro atoms. The van der Waals surface area contributed by atoms with Crippen LogP contribution in [-0.4, -0.2) is 83.2 Å². The second-order valence-electron chi connectivity index (χ2n) is 16.6. The van der Waals surface area contributed by atoms with Gasteiger partial charge >= 0.3 is 11.9 Å². The smallest absolute Gasteiger partial charge is 0.306 e. The molecule has 1 unspecified atom stereocenters. The van der Waals surface area contributed by atoms with E-state index in [1.807, 2.05) is 0 Å². The first-order chi connectivity index (χ1) is 29.8. The molecular weight excluding hydrogens is 959 g/mol. The lowest BCUT2D eigenvalue weighted by molar-refractivity contribution is -0.366. The van der Waals surface area contributed by atoms with Crippen LogP contribution in [0.1, 0.15) is 194 Å². The van der Waals surface area contributed by atoms with Gasteiger partial charge in [-0.15, -0.1) is 0 Å². The molecule has 0 aromatic heterocycles. The van der Waals surface area contributed by atoms with E-state index in [4.69, 9.17) is 14.0 Å². The highest BCUT2D eigenvalue weighted by Gasteiger charge is 2.53. The summed E-state index contributed by atoms with van der Waals surface area (Å²) in [5.74, 6) is -1.36. The predicted octanol–water partition coefficient (Wildman–Crippen LogP) is 6.68. The number of aliphatic hydroxyl groups is 3. The standard InChI is InChI=1S/C41H81O19P3.5H3N/c1-3-5-7-9-11-13-15-17-19-21-23-25-27-29-34(42)55-31-33(57-35(43)30-28-26-24-22-20-18-16-14-12-10-8-6-4-2)32-56-63(53,54)60-39-36(44)37(45)40(58-61(47,48)49)41(38(39)46)59-62(50,51)52;;;;;/h33,36-41,44-46H,3-32H2,1-2H3,(H,53,54)(H2,47,48,49)(H2,50,51,52);5*1H3/t33-,36-,37+,38+,39-,40-,41-;;;;;/m1...../s1. The highest BCUT2D eigenvalue weighted by molar-refractivity contribution is 7.46. The monoisotopic (exact) mass is 1060 g/mol. The van der Waals surface area contributed by atoms with Crippen LogP contribution in [0.3, 0.4) is 0 Å². The number of quaternary nitrogens is 5. The Morgan fingerprint density at radius 2 is 0.750 bits per heavy atom. The molecule has 0 radical (unpaired) electrons. The van der Waals surface area contributed by atoms with E-state index in [2.05, 4.69) is 27.4 Å². The molecule has 0 bridgehead atoms. The number of unbranched alkanes of at least 4 members (excludes halogenated alkanes) is 24. The summed E-state index contributed by atoms with van der Waals surface area (Å²) in [6, 6.07) is 0. The third kappa shape index (κ3) is 38.6. The molecule has 0 heterocycles. The summed E-state index contributed by atoms with van der Waals surface area (Å²) in [6.45, 7) is 2.78. The molecule has 0 aromatic rings. The van der Waals surface area contributed by atoms with E-state index in [0.29, 0.717) is 12.8 Å². The molecule has 0 saturated heterocycles. The Hall–Kier alpha value is -1.05. The lowest BCUT2D eigenvalue weighted by Gasteiger charge is -2.50. The van der Waals surface area contributed by atoms with Crippen LogP contribution in [0.2, 0.25) is 0 Å². The molecule has 0 aromatic carbocycles. The summed E-state index contributed by atoms with van der Waals surface area (Å²) >= 11 is 0. The van der Waals surface area contributed by atoms with Crippen molar-refractivity contribution in [2.24, 2.45) is 0 Å². The molecule has 68 heavy (non-hydrogen) atoms. The van der Waals surface area contributed by atoms with Crippen molar-refractivity contribution in [3.8, 4) is 0 Å². The molecule has 0 amide bonds. The first-order valence-electron chi connectivity index (χ1n) is 23.2. The average Bonchev–Trinajstić information content (AvgIpc) is 3.20. The molecular formula is C41H96N5O19P3. The Morgan fingerprint density at radius 3 is 1.10 bits per heavy atom. The van der Waals surface area contributed by atoms with E-state index >= 15 is 0 Å². The lowest BCUT2D eigenvalue weighted by atomic mass is 9.85. The van der Waals surface area contributed by atoms with Crippen LogP contribution in [-0.2, 0) is 50.9 Å². The van der Waals surface area contributed by atoms with Crippen LogP contribution in [0.4, 0.5) is 0 Å². The van der Waals surface area contributed by atoms with Crippen molar-refractivity contribution in [2.45, 2.75) is 236 Å². The van der Waals surface area contributed by atoms with Crippen molar-refractivity contribution < 1.29 is 90.6 Å². The van der Waals surface area contributed by atoms with Crippen LogP contribution < -0.4 is 55.2 Å². The SMILES string of the molecule is CCCCCCCCCCCCCCCC(=O)OC[C@H](COP(=O)([O-])O[C@@H]1[C@H](O)[C@H](O)[C@@H](OP(=O)([O-])[O-])[C@H](OP(=O)([O-])[O-])[C@H]1O)OC(=O)CCCCCCCCCCCCCCC.[NH4+].[NH4+].[NH4+].[NH4+].[NH4+]. The number of esters is 2. The number of hydrogen-bond acceptors (Lipinski definition) is 19. The minimum Gasteiger partial charge on any atom is -0.790 e. The van der Waals surface area contributed by atoms with Gasteiger partial charge in [-0.2, -0.15) is 0 Å². The predicted molar refractivity (Wildman–Crippen MR) is 253 cm³/mol. The van der Waals surface area contributed by atoms with E-state index in [0.717, 1.165) is 57.8 Å². The summed E-state index contributed by atoms with van der Waals surface area (Å²) in [7, 11) is -18.0. The van der Waals surface area contributed by atoms with Crippen molar-refractivity contribution >= 4 is 35.4 Å². The van der Waals surface area contributed by atoms with E-state index in [9.17, 15) is 63.1 Å². The van der Waals surface area contributed by atoms with Gasteiger partial charge in [0, 0.05) is 12.8 Å². The quantitative estimate of drug-likeness (QED) is 0.0180. The summed E-state index contributed by atoms with van der Waals surface area (Å²) < 4.78 is 63.7. The fourth-order valence-corrected chi connectivity index (χ4v) is 9.42. The summed E-state index contributed by atoms with van der Waals surface area (Å²) in [6.07, 6.45) is 11.1. The normalized spacial score (nSPS) is 20.5. The zero-order valence-corrected chi connectivity index (χ0v) is 45.2. The average molecular weight is 1060 g/mol. The second-order valence-corrected chi connectivity index (χ2v) is 20.2. The van der Waals surface area contributed by atoms with Crippen molar-refractivity contribution in [3.05, 3.63) is 0 Å². The van der Waals surface area contributed by atoms with Crippen molar-refractivity contribution in [2.75, 3.05) is 13.2 Å². The van der Waals surface area contributed by atoms with E-state index in [1.54, 1.807) is 0 Å². The van der Waals surface area contributed by atoms with Gasteiger partial charge < -0.3 is 107 Å². The van der Waals surface area contributed by atoms with Gasteiger partial charge in [0.25, 0.3) is 7.82 Å². The van der Waals surface area contributed by atoms with Gasteiger partial charge in [0.05, 0.1) is 22.3 Å². The molecule has 1 saturated carbocycles. The van der Waals surface area contributed by atoms with E-state index in [-0.39, 0.29) is 43.6 Å². The molecule has 8 atom stereocenters. The van der Waals surface area contributed by atoms with Crippen LogP contribution in [0.25, 0.3) is 0 Å². The Balaban J connectivity index is -0.00000265. The fraction of sp³-hybridized carbons (Fsp3) is 0.951. The first kappa shape index (κ1) is 75.9. The minimum absolute atomic E-state index is 0. The summed E-state index contributed by atoms with van der Waals surface area (Å²) in [5.41, 5.74) is 0. The molecule has 1 aliphatic rings. The summed E-state index contributed by atoms with van der Waals surface area (Å²) in [5, 5.41) is 31.5. The molecule has 27 heteroatoms. The largest absolute Gasteiger partial charge is 0.790 e. The van der Waals surface area contributed by atoms with Crippen molar-refractivity contribution in [1.29, 1.82) is 0 Å². The van der Waals surface area contributed by atoms with Crippen LogP contribution in [0.5, 0.6) is 0 Å². The minimum atomic E-state index is -6.15. The van der Waals surface area contributed by atoms with Crippen molar-refractivity contribution in [3.63, 3.8) is 0 Å². The number of carbonyl (C=O) groups excluding carboxylic acids is 2. The molecule has 1 rings (SSSR count). The van der Waals surface area contributed by atoms with Gasteiger partial charge in [-0.25, -0.2) is 0 Å². The topological polar surface area (TPSA) is 499 Å². The maximum Gasteiger partial charge on any atom is 0.306 e. The van der Waals surface area contributed by atoms with Gasteiger partial charge in [0.15, 0.2) is 6.10 Å². The molecule has 414 valence electrons. The van der Waals surface area contributed by atoms with Gasteiger partial charge in [0.1, 0.15) is 43.2 Å². The Kier molecular flexibility index (Phi) is 48.6. The Labute approximate surface area is 405 Å². The van der Waals surface area contributed by atoms with E-state index in [1.165, 1.54) is 96.3 Å². The summed E-state index contributed by atoms with van der Waals surface area (Å²) in [4.78, 5) is 83.4. The highest BCUT2D eigenvalue weighted by atomic mass is 31.2. The number of phosphoric ester groups is 3. The van der Waals surface area contributed by atoms with Gasteiger partial charge in [0.2, 0.25) is 0 Å². The third-order valence-corrected chi connectivity index (χ3v) is 12.9. The fourth-order valence-electron chi connectivity index (χ4n) is 7.38. The van der Waals surface area contributed by atoms with Crippen LogP contribution >= 0.6 is 23.5 Å². The second kappa shape index (κ2) is 43.5. The van der Waals surface area contributed by atoms with Crippen LogP contribution in [0, 0.1) is 0 Å². The molecule has 24 nitrogen and oxygen atoms in total. The lowest BCUT2D eigenvalue weighted by Crippen LogP contribution is -2.65. The number of phosphoric acid groups is 3. The maximum absolute atomic E-state index is 12.9. The number of carbonyl (C=O) groups is 2. The maximum atomic E-state index is 12.9. The van der Waals surface area contributed by atoms with Gasteiger partial charge in [-0.05, 0) is 12.8 Å². The molecule has 23 N–H and O–H groups in total. The molecule has 0 aliphatic heterocycles. The number of hydrogen-bond donors (Lipinski definition) is 8. The third-order valence-electron chi connectivity index (χ3n) is 10.9. The van der Waals surface area contributed by atoms with Crippen LogP contribution in [0.15, 0.2) is 0 Å². The van der Waals surface area contributed by atoms with E-state index < -0.39 is 91.3 Å². The van der Waals surface area contributed by atoms with Gasteiger partial charge in [-0.1, -0.05) is 168 Å². The zero-order valence-electron chi connectivity index (χ0n) is 42.5.